The zero-order valence-corrected chi connectivity index (χ0v) is 17.5. The third kappa shape index (κ3) is 4.00. The monoisotopic (exact) mass is 401 g/mol. The quantitative estimate of drug-likeness (QED) is 0.409. The lowest BCUT2D eigenvalue weighted by Gasteiger charge is -2.22. The van der Waals surface area contributed by atoms with Crippen molar-refractivity contribution in [2.45, 2.75) is 44.4 Å². The van der Waals surface area contributed by atoms with Gasteiger partial charge in [0, 0.05) is 32.7 Å². The predicted octanol–water partition coefficient (Wildman–Crippen LogP) is 4.68. The minimum atomic E-state index is -1.12. The van der Waals surface area contributed by atoms with Crippen LogP contribution in [0.2, 0.25) is 35.7 Å². The summed E-state index contributed by atoms with van der Waals surface area (Å²) in [6.45, 7) is 8.39. The van der Waals surface area contributed by atoms with Crippen LogP contribution in [0.5, 0.6) is 5.75 Å². The highest BCUT2D eigenvalue weighted by atomic mass is 35.5. The maximum Gasteiger partial charge on any atom is 0.226 e. The van der Waals surface area contributed by atoms with Crippen LogP contribution in [0.15, 0.2) is 12.1 Å². The molecule has 1 aromatic rings. The van der Waals surface area contributed by atoms with Gasteiger partial charge < -0.3 is 14.8 Å². The Labute approximate surface area is 160 Å². The van der Waals surface area contributed by atoms with Crippen molar-refractivity contribution in [3.05, 3.63) is 27.7 Å². The number of nitrogens with one attached hydrogen (secondary N) is 1. The topological polar surface area (TPSA) is 47.6 Å². The summed E-state index contributed by atoms with van der Waals surface area (Å²) in [4.78, 5) is 12.2. The summed E-state index contributed by atoms with van der Waals surface area (Å²) in [7, 11) is -1.12. The normalized spacial score (nSPS) is 21.5. The van der Waals surface area contributed by atoms with Gasteiger partial charge in [-0.1, -0.05) is 42.8 Å². The standard InChI is InChI=1S/C18H25Cl2NO3Si/c1-25(2,3)9-8-23-11-24-14-5-4-13(19)16(20)15(14)12-10-21-17(22)18(12)6-7-18/h4-5,12H,6-11H2,1-3H3,(H,21,22)/t12-/m0/s1. The Morgan fingerprint density at radius 3 is 2.64 bits per heavy atom. The van der Waals surface area contributed by atoms with Crippen LogP contribution in [0.25, 0.3) is 0 Å². The molecule has 4 nitrogen and oxygen atoms in total. The molecule has 7 heteroatoms. The second-order valence-corrected chi connectivity index (χ2v) is 14.6. The molecule has 2 fully saturated rings. The number of carbonyl (C=O) groups is 1. The van der Waals surface area contributed by atoms with E-state index in [1.165, 1.54) is 0 Å². The molecular weight excluding hydrogens is 377 g/mol. The molecule has 0 bridgehead atoms. The Balaban J connectivity index is 1.72. The van der Waals surface area contributed by atoms with E-state index in [-0.39, 0.29) is 24.0 Å². The van der Waals surface area contributed by atoms with Crippen molar-refractivity contribution < 1.29 is 14.3 Å². The second-order valence-electron chi connectivity index (χ2n) is 8.17. The van der Waals surface area contributed by atoms with E-state index in [4.69, 9.17) is 32.7 Å². The molecule has 1 atom stereocenters. The molecule has 1 saturated carbocycles. The first-order chi connectivity index (χ1) is 11.7. The first kappa shape index (κ1) is 19.0. The number of halogens is 2. The maximum absolute atomic E-state index is 12.2. The first-order valence-corrected chi connectivity index (χ1v) is 13.2. The van der Waals surface area contributed by atoms with Gasteiger partial charge in [0.2, 0.25) is 5.91 Å². The smallest absolute Gasteiger partial charge is 0.226 e. The molecule has 0 radical (unpaired) electrons. The van der Waals surface area contributed by atoms with Crippen molar-refractivity contribution in [1.29, 1.82) is 0 Å². The van der Waals surface area contributed by atoms with Crippen LogP contribution >= 0.6 is 23.2 Å². The maximum atomic E-state index is 12.2. The van der Waals surface area contributed by atoms with Crippen molar-refractivity contribution in [1.82, 2.24) is 5.32 Å². The minimum Gasteiger partial charge on any atom is -0.467 e. The van der Waals surface area contributed by atoms with Gasteiger partial charge in [-0.3, -0.25) is 4.79 Å². The average molecular weight is 402 g/mol. The van der Waals surface area contributed by atoms with E-state index in [9.17, 15) is 4.79 Å². The highest BCUT2D eigenvalue weighted by Crippen LogP contribution is 2.61. The molecule has 25 heavy (non-hydrogen) atoms. The Morgan fingerprint density at radius 1 is 1.28 bits per heavy atom. The highest BCUT2D eigenvalue weighted by molar-refractivity contribution is 6.76. The highest BCUT2D eigenvalue weighted by Gasteiger charge is 2.60. The molecule has 0 unspecified atom stereocenters. The minimum absolute atomic E-state index is 0.00295. The largest absolute Gasteiger partial charge is 0.467 e. The Hall–Kier alpha value is -0.753. The second kappa shape index (κ2) is 7.10. The van der Waals surface area contributed by atoms with E-state index in [1.807, 2.05) is 6.07 Å². The van der Waals surface area contributed by atoms with Crippen LogP contribution < -0.4 is 10.1 Å². The molecule has 1 saturated heterocycles. The summed E-state index contributed by atoms with van der Waals surface area (Å²) in [6.07, 6.45) is 1.77. The van der Waals surface area contributed by atoms with Crippen molar-refractivity contribution in [2.24, 2.45) is 5.41 Å². The van der Waals surface area contributed by atoms with Gasteiger partial charge in [0.15, 0.2) is 6.79 Å². The molecule has 1 amide bonds. The fraction of sp³-hybridized carbons (Fsp3) is 0.611. The van der Waals surface area contributed by atoms with E-state index in [2.05, 4.69) is 25.0 Å². The van der Waals surface area contributed by atoms with Gasteiger partial charge in [-0.15, -0.1) is 0 Å². The van der Waals surface area contributed by atoms with Crippen LogP contribution in [0, 0.1) is 5.41 Å². The van der Waals surface area contributed by atoms with Gasteiger partial charge in [0.25, 0.3) is 0 Å². The molecule has 1 aliphatic carbocycles. The lowest BCUT2D eigenvalue weighted by molar-refractivity contribution is -0.123. The summed E-state index contributed by atoms with van der Waals surface area (Å²) < 4.78 is 11.5. The number of hydrogen-bond acceptors (Lipinski definition) is 3. The summed E-state index contributed by atoms with van der Waals surface area (Å²) in [6, 6.07) is 4.65. The number of benzene rings is 1. The van der Waals surface area contributed by atoms with Gasteiger partial charge in [0.05, 0.1) is 15.5 Å². The van der Waals surface area contributed by atoms with Crippen molar-refractivity contribution >= 4 is 37.2 Å². The Morgan fingerprint density at radius 2 is 2.00 bits per heavy atom. The number of amides is 1. The van der Waals surface area contributed by atoms with Crippen LogP contribution in [0.4, 0.5) is 0 Å². The number of ether oxygens (including phenoxy) is 2. The molecule has 1 heterocycles. The molecule has 2 aliphatic rings. The van der Waals surface area contributed by atoms with E-state index in [1.54, 1.807) is 6.07 Å². The fourth-order valence-electron chi connectivity index (χ4n) is 3.35. The van der Waals surface area contributed by atoms with Crippen LogP contribution in [0.3, 0.4) is 0 Å². The third-order valence-corrected chi connectivity index (χ3v) is 7.63. The lowest BCUT2D eigenvalue weighted by atomic mass is 9.85. The van der Waals surface area contributed by atoms with E-state index in [0.29, 0.717) is 28.9 Å². The number of rotatable bonds is 7. The number of carbonyl (C=O) groups excluding carboxylic acids is 1. The Kier molecular flexibility index (Phi) is 5.40. The van der Waals surface area contributed by atoms with Gasteiger partial charge in [-0.05, 0) is 31.0 Å². The van der Waals surface area contributed by atoms with Crippen LogP contribution in [-0.4, -0.2) is 33.9 Å². The van der Waals surface area contributed by atoms with E-state index in [0.717, 1.165) is 24.4 Å². The lowest BCUT2D eigenvalue weighted by Crippen LogP contribution is -2.22. The van der Waals surface area contributed by atoms with Gasteiger partial charge in [-0.25, -0.2) is 0 Å². The third-order valence-electron chi connectivity index (χ3n) is 5.11. The zero-order valence-electron chi connectivity index (χ0n) is 15.0. The van der Waals surface area contributed by atoms with E-state index >= 15 is 0 Å². The van der Waals surface area contributed by atoms with Crippen molar-refractivity contribution in [3.8, 4) is 5.75 Å². The molecule has 1 spiro atoms. The number of hydrogen-bond donors (Lipinski definition) is 1. The van der Waals surface area contributed by atoms with Crippen molar-refractivity contribution in [2.75, 3.05) is 19.9 Å². The predicted molar refractivity (Wildman–Crippen MR) is 103 cm³/mol. The molecule has 1 aromatic carbocycles. The average Bonchev–Trinajstić information content (AvgIpc) is 3.26. The van der Waals surface area contributed by atoms with Crippen LogP contribution in [0.1, 0.15) is 24.3 Å². The van der Waals surface area contributed by atoms with Crippen molar-refractivity contribution in [3.63, 3.8) is 0 Å². The van der Waals surface area contributed by atoms with E-state index < -0.39 is 8.07 Å². The SMILES string of the molecule is C[Si](C)(C)CCOCOc1ccc(Cl)c(Cl)c1[C@@H]1CNC(=O)C12CC2. The molecule has 1 N–H and O–H groups in total. The molecular formula is C18H25Cl2NO3Si. The Bertz CT molecular complexity index is 671. The molecule has 3 rings (SSSR count). The van der Waals surface area contributed by atoms with Gasteiger partial charge >= 0.3 is 0 Å². The van der Waals surface area contributed by atoms with Gasteiger partial charge in [0.1, 0.15) is 5.75 Å². The summed E-state index contributed by atoms with van der Waals surface area (Å²) >= 11 is 12.7. The fourth-order valence-corrected chi connectivity index (χ4v) is 4.56. The molecule has 138 valence electrons. The zero-order chi connectivity index (χ0) is 18.2. The molecule has 1 aliphatic heterocycles. The summed E-state index contributed by atoms with van der Waals surface area (Å²) in [5.74, 6) is 0.782. The summed E-state index contributed by atoms with van der Waals surface area (Å²) in [5.41, 5.74) is 0.504. The molecule has 0 aromatic heterocycles. The first-order valence-electron chi connectivity index (χ1n) is 8.71. The summed E-state index contributed by atoms with van der Waals surface area (Å²) in [5, 5.41) is 3.93. The van der Waals surface area contributed by atoms with Gasteiger partial charge in [-0.2, -0.15) is 0 Å². The van der Waals surface area contributed by atoms with Crippen LogP contribution in [-0.2, 0) is 9.53 Å².